The quantitative estimate of drug-likeness (QED) is 0.398. The number of methoxy groups -OCH3 is 1. The van der Waals surface area contributed by atoms with Crippen LogP contribution in [0, 0.1) is 6.92 Å². The van der Waals surface area contributed by atoms with E-state index in [9.17, 15) is 9.59 Å². The molecule has 10 nitrogen and oxygen atoms in total. The summed E-state index contributed by atoms with van der Waals surface area (Å²) >= 11 is 0. The summed E-state index contributed by atoms with van der Waals surface area (Å²) in [5, 5.41) is 10.1. The third-order valence-corrected chi connectivity index (χ3v) is 5.71. The van der Waals surface area contributed by atoms with Crippen molar-refractivity contribution < 1.29 is 19.1 Å². The first-order valence-electron chi connectivity index (χ1n) is 11.0. The van der Waals surface area contributed by atoms with Crippen LogP contribution in [0.4, 0.5) is 0 Å². The molecule has 0 unspecified atom stereocenters. The fraction of sp³-hybridized carbons (Fsp3) is 0.200. The van der Waals surface area contributed by atoms with Gasteiger partial charge >= 0.3 is 5.97 Å². The molecule has 1 aliphatic heterocycles. The summed E-state index contributed by atoms with van der Waals surface area (Å²) in [5.41, 5.74) is 3.35. The van der Waals surface area contributed by atoms with E-state index >= 15 is 0 Å². The van der Waals surface area contributed by atoms with Crippen LogP contribution in [0.2, 0.25) is 0 Å². The number of nitrogens with zero attached hydrogens (tertiary/aromatic N) is 6. The van der Waals surface area contributed by atoms with Crippen LogP contribution in [0.1, 0.15) is 39.9 Å². The minimum Gasteiger partial charge on any atom is -0.497 e. The normalized spacial score (nSPS) is 15.2. The molecule has 0 fully saturated rings. The molecule has 1 aliphatic rings. The second-order valence-electron chi connectivity index (χ2n) is 7.95. The number of carbonyl (C=O) groups is 2. The van der Waals surface area contributed by atoms with Crippen LogP contribution in [0.15, 0.2) is 72.0 Å². The molecular formula is C25H22N6O4. The van der Waals surface area contributed by atoms with E-state index in [1.54, 1.807) is 19.4 Å². The topological polar surface area (TPSA) is 111 Å². The van der Waals surface area contributed by atoms with E-state index in [0.29, 0.717) is 12.2 Å². The Morgan fingerprint density at radius 3 is 2.54 bits per heavy atom. The van der Waals surface area contributed by atoms with Crippen molar-refractivity contribution in [1.82, 2.24) is 24.6 Å². The van der Waals surface area contributed by atoms with Crippen LogP contribution >= 0.6 is 0 Å². The maximum absolute atomic E-state index is 13.1. The number of fused-ring (bicyclic) bond motifs is 1. The average molecular weight is 470 g/mol. The lowest BCUT2D eigenvalue weighted by atomic mass is 9.98. The summed E-state index contributed by atoms with van der Waals surface area (Å²) in [4.78, 5) is 33.9. The summed E-state index contributed by atoms with van der Waals surface area (Å²) in [6.45, 7) is 1.32. The van der Waals surface area contributed by atoms with Crippen LogP contribution in [0.25, 0.3) is 5.78 Å². The Hall–Kier alpha value is -4.60. The molecule has 5 rings (SSSR count). The van der Waals surface area contributed by atoms with Gasteiger partial charge in [0.25, 0.3) is 17.5 Å². The van der Waals surface area contributed by atoms with Gasteiger partial charge < -0.3 is 9.47 Å². The van der Waals surface area contributed by atoms with Crippen molar-refractivity contribution in [3.63, 3.8) is 0 Å². The Morgan fingerprint density at radius 1 is 1.06 bits per heavy atom. The van der Waals surface area contributed by atoms with E-state index in [0.717, 1.165) is 22.5 Å². The highest BCUT2D eigenvalue weighted by Crippen LogP contribution is 2.33. The Morgan fingerprint density at radius 2 is 1.83 bits per heavy atom. The van der Waals surface area contributed by atoms with Gasteiger partial charge in [-0.15, -0.1) is 5.10 Å². The fourth-order valence-corrected chi connectivity index (χ4v) is 3.88. The number of ether oxygens (including phenoxy) is 2. The molecule has 2 aromatic carbocycles. The Kier molecular flexibility index (Phi) is 5.92. The number of esters is 1. The number of aromatic nitrogens is 4. The number of carbonyl (C=O) groups excluding carboxylic acids is 2. The van der Waals surface area contributed by atoms with Gasteiger partial charge in [0.2, 0.25) is 0 Å². The highest BCUT2D eigenvalue weighted by Gasteiger charge is 2.34. The van der Waals surface area contributed by atoms with Gasteiger partial charge in [-0.05, 0) is 36.2 Å². The van der Waals surface area contributed by atoms with E-state index in [-0.39, 0.29) is 17.6 Å². The first-order valence-corrected chi connectivity index (χ1v) is 11.0. The lowest BCUT2D eigenvalue weighted by Crippen LogP contribution is -2.31. The summed E-state index contributed by atoms with van der Waals surface area (Å²) in [6, 6.07) is 18.5. The third kappa shape index (κ3) is 4.45. The second kappa shape index (κ2) is 9.34. The van der Waals surface area contributed by atoms with E-state index < -0.39 is 18.5 Å². The summed E-state index contributed by atoms with van der Waals surface area (Å²) in [7, 11) is 1.60. The maximum atomic E-state index is 13.1. The molecule has 35 heavy (non-hydrogen) atoms. The number of hydrogen-bond acceptors (Lipinski definition) is 8. The standard InChI is InChI=1S/C25H22N6O4/c1-16-12-13-26-25-27-23(29-30(16)25)24(33)35-15-22(32)31-21(18-8-10-19(34-2)11-9-18)14-20(28-31)17-6-4-3-5-7-17/h3-13,21H,14-15H2,1-2H3/t21-/m1/s1. The largest absolute Gasteiger partial charge is 0.497 e. The molecule has 0 radical (unpaired) electrons. The van der Waals surface area contributed by atoms with Crippen molar-refractivity contribution >= 4 is 23.4 Å². The molecule has 0 spiro atoms. The molecule has 0 saturated carbocycles. The SMILES string of the molecule is COc1ccc([C@H]2CC(c3ccccc3)=NN2C(=O)COC(=O)c2nc3nccc(C)n3n2)cc1. The van der Waals surface area contributed by atoms with Crippen molar-refractivity contribution in [3.8, 4) is 5.75 Å². The molecular weight excluding hydrogens is 448 g/mol. The average Bonchev–Trinajstić information content (AvgIpc) is 3.54. The number of benzene rings is 2. The van der Waals surface area contributed by atoms with Gasteiger partial charge in [0.1, 0.15) is 5.75 Å². The Labute approximate surface area is 200 Å². The minimum absolute atomic E-state index is 0.166. The van der Waals surface area contributed by atoms with Crippen LogP contribution in [-0.4, -0.2) is 55.9 Å². The molecule has 0 N–H and O–H groups in total. The zero-order valence-corrected chi connectivity index (χ0v) is 19.2. The highest BCUT2D eigenvalue weighted by atomic mass is 16.5. The monoisotopic (exact) mass is 470 g/mol. The van der Waals surface area contributed by atoms with Crippen molar-refractivity contribution in [1.29, 1.82) is 0 Å². The van der Waals surface area contributed by atoms with E-state index in [2.05, 4.69) is 20.2 Å². The van der Waals surface area contributed by atoms with Gasteiger partial charge in [0.05, 0.1) is 18.9 Å². The minimum atomic E-state index is -0.810. The second-order valence-corrected chi connectivity index (χ2v) is 7.95. The lowest BCUT2D eigenvalue weighted by molar-refractivity contribution is -0.136. The third-order valence-electron chi connectivity index (χ3n) is 5.71. The summed E-state index contributed by atoms with van der Waals surface area (Å²) < 4.78 is 11.9. The molecule has 176 valence electrons. The molecule has 0 aliphatic carbocycles. The number of amides is 1. The summed E-state index contributed by atoms with van der Waals surface area (Å²) in [5.74, 6) is -0.438. The van der Waals surface area contributed by atoms with Gasteiger partial charge in [0.15, 0.2) is 6.61 Å². The predicted molar refractivity (Wildman–Crippen MR) is 126 cm³/mol. The predicted octanol–water partition coefficient (Wildman–Crippen LogP) is 2.98. The first-order chi connectivity index (χ1) is 17.0. The lowest BCUT2D eigenvalue weighted by Gasteiger charge is -2.22. The van der Waals surface area contributed by atoms with Crippen LogP contribution in [0.3, 0.4) is 0 Å². The zero-order valence-electron chi connectivity index (χ0n) is 19.2. The van der Waals surface area contributed by atoms with E-state index in [4.69, 9.17) is 9.47 Å². The molecule has 1 atom stereocenters. The van der Waals surface area contributed by atoms with Crippen LogP contribution < -0.4 is 4.74 Å². The highest BCUT2D eigenvalue weighted by molar-refractivity contribution is 6.03. The fourth-order valence-electron chi connectivity index (χ4n) is 3.88. The van der Waals surface area contributed by atoms with Crippen molar-refractivity contribution in [2.75, 3.05) is 13.7 Å². The number of aryl methyl sites for hydroxylation is 1. The molecule has 10 heteroatoms. The molecule has 0 saturated heterocycles. The molecule has 1 amide bonds. The smallest absolute Gasteiger partial charge is 0.378 e. The van der Waals surface area contributed by atoms with Crippen LogP contribution in [-0.2, 0) is 9.53 Å². The van der Waals surface area contributed by atoms with Gasteiger partial charge in [0, 0.05) is 18.3 Å². The molecule has 2 aromatic heterocycles. The molecule has 4 aromatic rings. The van der Waals surface area contributed by atoms with Crippen molar-refractivity contribution in [3.05, 3.63) is 89.5 Å². The van der Waals surface area contributed by atoms with Gasteiger partial charge in [-0.2, -0.15) is 10.1 Å². The number of hydrazone groups is 1. The molecule has 0 bridgehead atoms. The Balaban J connectivity index is 1.35. The van der Waals surface area contributed by atoms with Crippen molar-refractivity contribution in [2.45, 2.75) is 19.4 Å². The van der Waals surface area contributed by atoms with Gasteiger partial charge in [-0.1, -0.05) is 42.5 Å². The zero-order chi connectivity index (χ0) is 24.4. The van der Waals surface area contributed by atoms with Crippen LogP contribution in [0.5, 0.6) is 5.75 Å². The van der Waals surface area contributed by atoms with E-state index in [1.807, 2.05) is 61.5 Å². The van der Waals surface area contributed by atoms with Gasteiger partial charge in [-0.3, -0.25) is 4.79 Å². The summed E-state index contributed by atoms with van der Waals surface area (Å²) in [6.07, 6.45) is 2.10. The first kappa shape index (κ1) is 22.2. The van der Waals surface area contributed by atoms with Gasteiger partial charge in [-0.25, -0.2) is 19.3 Å². The number of hydrogen-bond donors (Lipinski definition) is 0. The van der Waals surface area contributed by atoms with E-state index in [1.165, 1.54) is 9.52 Å². The van der Waals surface area contributed by atoms with Crippen molar-refractivity contribution in [2.24, 2.45) is 5.10 Å². The number of rotatable bonds is 6. The Bertz CT molecular complexity index is 1420. The maximum Gasteiger partial charge on any atom is 0.378 e. The molecule has 3 heterocycles.